The first-order valence-electron chi connectivity index (χ1n) is 12.7. The SMILES string of the molecule is Cc1ccc2c(c1)sc1c(-c3cc4c(cn3)sc3ccccc34)[c-]ccc12.[Ir].[c-]1ccccc1-c1ccccn1. The van der Waals surface area contributed by atoms with E-state index >= 15 is 0 Å². The first-order valence-corrected chi connectivity index (χ1v) is 14.4. The van der Waals surface area contributed by atoms with Crippen LogP contribution in [0.4, 0.5) is 0 Å². The predicted octanol–water partition coefficient (Wildman–Crippen LogP) is 10.1. The largest absolute Gasteiger partial charge is 0.305 e. The third-order valence-corrected chi connectivity index (χ3v) is 9.07. The molecule has 0 atom stereocenters. The average molecular weight is 727 g/mol. The zero-order valence-corrected chi connectivity index (χ0v) is 25.5. The number of nitrogens with zero attached hydrogens (tertiary/aromatic N) is 2. The second-order valence-corrected chi connectivity index (χ2v) is 11.5. The van der Waals surface area contributed by atoms with Crippen LogP contribution in [0.5, 0.6) is 0 Å². The molecule has 1 radical (unpaired) electrons. The van der Waals surface area contributed by atoms with Crippen molar-refractivity contribution in [1.29, 1.82) is 0 Å². The van der Waals surface area contributed by atoms with Crippen LogP contribution in [0.15, 0.2) is 116 Å². The molecule has 0 bridgehead atoms. The fourth-order valence-corrected chi connectivity index (χ4v) is 7.24. The molecule has 8 aromatic rings. The molecule has 0 saturated carbocycles. The molecule has 0 aliphatic rings. The van der Waals surface area contributed by atoms with Crippen molar-refractivity contribution in [2.24, 2.45) is 0 Å². The Balaban J connectivity index is 0.000000188. The molecule has 0 fully saturated rings. The van der Waals surface area contributed by atoms with Gasteiger partial charge in [-0.15, -0.1) is 71.0 Å². The molecule has 8 rings (SSSR count). The average Bonchev–Trinajstić information content (AvgIpc) is 3.56. The molecular formula is C35H22IrN2S2-2. The Kier molecular flexibility index (Phi) is 7.55. The number of rotatable bonds is 2. The molecule has 0 aliphatic carbocycles. The van der Waals surface area contributed by atoms with Gasteiger partial charge < -0.3 is 9.97 Å². The van der Waals surface area contributed by atoms with E-state index in [1.165, 1.54) is 45.9 Å². The van der Waals surface area contributed by atoms with E-state index < -0.39 is 0 Å². The zero-order valence-electron chi connectivity index (χ0n) is 21.5. The van der Waals surface area contributed by atoms with Gasteiger partial charge in [-0.2, -0.15) is 11.3 Å². The van der Waals surface area contributed by atoms with Crippen LogP contribution in [0.1, 0.15) is 5.56 Å². The van der Waals surface area contributed by atoms with Gasteiger partial charge in [-0.05, 0) is 62.9 Å². The molecule has 0 unspecified atom stereocenters. The molecule has 4 aromatic carbocycles. The van der Waals surface area contributed by atoms with E-state index in [0.717, 1.165) is 22.5 Å². The topological polar surface area (TPSA) is 25.8 Å². The minimum atomic E-state index is 0. The summed E-state index contributed by atoms with van der Waals surface area (Å²) in [7, 11) is 0. The number of fused-ring (bicyclic) bond motifs is 6. The Morgan fingerprint density at radius 1 is 0.600 bits per heavy atom. The van der Waals surface area contributed by atoms with Crippen LogP contribution in [0.25, 0.3) is 62.9 Å². The second-order valence-electron chi connectivity index (χ2n) is 9.35. The van der Waals surface area contributed by atoms with E-state index in [-0.39, 0.29) is 20.1 Å². The normalized spacial score (nSPS) is 10.9. The third-order valence-electron chi connectivity index (χ3n) is 6.76. The Morgan fingerprint density at radius 2 is 1.45 bits per heavy atom. The van der Waals surface area contributed by atoms with Crippen LogP contribution in [0.2, 0.25) is 0 Å². The third kappa shape index (κ3) is 4.98. The van der Waals surface area contributed by atoms with Crippen molar-refractivity contribution in [1.82, 2.24) is 9.97 Å². The molecule has 0 amide bonds. The molecule has 0 aliphatic heterocycles. The summed E-state index contributed by atoms with van der Waals surface area (Å²) in [6, 6.07) is 42.0. The van der Waals surface area contributed by atoms with E-state index in [4.69, 9.17) is 4.98 Å². The van der Waals surface area contributed by atoms with Gasteiger partial charge in [-0.1, -0.05) is 53.9 Å². The van der Waals surface area contributed by atoms with Crippen molar-refractivity contribution in [2.75, 3.05) is 0 Å². The van der Waals surface area contributed by atoms with Crippen molar-refractivity contribution >= 4 is 63.0 Å². The van der Waals surface area contributed by atoms with Gasteiger partial charge in [0.2, 0.25) is 0 Å². The number of aromatic nitrogens is 2. The molecule has 0 N–H and O–H groups in total. The summed E-state index contributed by atoms with van der Waals surface area (Å²) in [4.78, 5) is 9.01. The Bertz CT molecular complexity index is 2040. The Labute approximate surface area is 254 Å². The van der Waals surface area contributed by atoms with Crippen LogP contribution in [-0.4, -0.2) is 9.97 Å². The smallest absolute Gasteiger partial charge is 0.0521 e. The summed E-state index contributed by atoms with van der Waals surface area (Å²) in [5, 5.41) is 5.20. The fourth-order valence-electron chi connectivity index (χ4n) is 4.88. The molecular weight excluding hydrogens is 705 g/mol. The van der Waals surface area contributed by atoms with Crippen LogP contribution in [0, 0.1) is 19.1 Å². The standard InChI is InChI=1S/C24H14NS2.C11H8N.Ir/c1-14-9-10-16-17-6-4-7-18(24(17)27-22(16)11-14)20-12-19-15-5-2-3-8-21(15)26-23(19)13-25-20;1-2-6-10(7-3-1)11-8-4-5-9-12-11;/h2-6,8-13H,1H3;1-6,8-9H;/q2*-1;. The minimum absolute atomic E-state index is 0. The van der Waals surface area contributed by atoms with Crippen LogP contribution in [0.3, 0.4) is 0 Å². The van der Waals surface area contributed by atoms with Crippen LogP contribution in [-0.2, 0) is 20.1 Å². The Morgan fingerprint density at radius 3 is 2.30 bits per heavy atom. The monoisotopic (exact) mass is 727 g/mol. The quantitative estimate of drug-likeness (QED) is 0.166. The van der Waals surface area contributed by atoms with Crippen LogP contribution >= 0.6 is 22.7 Å². The van der Waals surface area contributed by atoms with Crippen molar-refractivity contribution < 1.29 is 20.1 Å². The van der Waals surface area contributed by atoms with Gasteiger partial charge in [0.15, 0.2) is 0 Å². The zero-order chi connectivity index (χ0) is 26.2. The van der Waals surface area contributed by atoms with Gasteiger partial charge in [0.25, 0.3) is 0 Å². The fraction of sp³-hybridized carbons (Fsp3) is 0.0286. The predicted molar refractivity (Wildman–Crippen MR) is 168 cm³/mol. The number of thiophene rings is 2. The number of benzene rings is 4. The summed E-state index contributed by atoms with van der Waals surface area (Å²) in [6.45, 7) is 2.15. The van der Waals surface area contributed by atoms with E-state index in [2.05, 4.69) is 78.6 Å². The maximum atomic E-state index is 4.80. The van der Waals surface area contributed by atoms with E-state index in [9.17, 15) is 0 Å². The van der Waals surface area contributed by atoms with Crippen molar-refractivity contribution in [3.8, 4) is 22.5 Å². The van der Waals surface area contributed by atoms with Gasteiger partial charge in [-0.3, -0.25) is 0 Å². The van der Waals surface area contributed by atoms with Gasteiger partial charge >= 0.3 is 0 Å². The number of aryl methyl sites for hydroxylation is 1. The van der Waals surface area contributed by atoms with Crippen molar-refractivity contribution in [2.45, 2.75) is 6.92 Å². The summed E-state index contributed by atoms with van der Waals surface area (Å²) in [5.41, 5.74) is 5.41. The number of pyridine rings is 2. The van der Waals surface area contributed by atoms with Gasteiger partial charge in [0.1, 0.15) is 0 Å². The molecule has 0 spiro atoms. The van der Waals surface area contributed by atoms with Gasteiger partial charge in [0.05, 0.1) is 4.70 Å². The molecule has 0 saturated heterocycles. The first kappa shape index (κ1) is 26.5. The van der Waals surface area contributed by atoms with E-state index in [1.54, 1.807) is 17.5 Å². The molecule has 4 heterocycles. The van der Waals surface area contributed by atoms with Gasteiger partial charge in [0, 0.05) is 41.9 Å². The summed E-state index contributed by atoms with van der Waals surface area (Å²) < 4.78 is 5.14. The minimum Gasteiger partial charge on any atom is -0.305 e. The number of hydrogen-bond acceptors (Lipinski definition) is 4. The summed E-state index contributed by atoms with van der Waals surface area (Å²) in [5.74, 6) is 0. The molecule has 4 aromatic heterocycles. The number of hydrogen-bond donors (Lipinski definition) is 0. The first-order chi connectivity index (χ1) is 19.2. The molecule has 2 nitrogen and oxygen atoms in total. The summed E-state index contributed by atoms with van der Waals surface area (Å²) >= 11 is 3.64. The Hall–Kier alpha value is -3.73. The molecule has 40 heavy (non-hydrogen) atoms. The molecule has 195 valence electrons. The van der Waals surface area contributed by atoms with E-state index in [1.807, 2.05) is 66.1 Å². The second kappa shape index (κ2) is 11.4. The van der Waals surface area contributed by atoms with Crippen molar-refractivity contribution in [3.63, 3.8) is 0 Å². The van der Waals surface area contributed by atoms with Gasteiger partial charge in [-0.25, -0.2) is 0 Å². The van der Waals surface area contributed by atoms with E-state index in [0.29, 0.717) is 0 Å². The maximum Gasteiger partial charge on any atom is 0.0521 e. The molecule has 5 heteroatoms. The van der Waals surface area contributed by atoms with Crippen LogP contribution < -0.4 is 0 Å². The summed E-state index contributed by atoms with van der Waals surface area (Å²) in [6.07, 6.45) is 3.80. The van der Waals surface area contributed by atoms with Crippen molar-refractivity contribution in [3.05, 3.63) is 133 Å². The maximum absolute atomic E-state index is 4.80.